The number of hydrogen-bond acceptors (Lipinski definition) is 1. The van der Waals surface area contributed by atoms with Crippen molar-refractivity contribution in [1.29, 1.82) is 0 Å². The van der Waals surface area contributed by atoms with E-state index in [1.807, 2.05) is 19.1 Å². The number of rotatable bonds is 3. The van der Waals surface area contributed by atoms with Crippen molar-refractivity contribution < 1.29 is 9.90 Å². The fraction of sp³-hybridized carbons (Fsp3) is 0.300. The summed E-state index contributed by atoms with van der Waals surface area (Å²) in [5, 5.41) is 8.79. The van der Waals surface area contributed by atoms with Crippen molar-refractivity contribution >= 4 is 35.5 Å². The molecule has 66 valence electrons. The van der Waals surface area contributed by atoms with Crippen LogP contribution in [0.25, 0.3) is 0 Å². The van der Waals surface area contributed by atoms with E-state index in [0.29, 0.717) is 5.56 Å². The molecular formula is C10H13NaO2. The first kappa shape index (κ1) is 12.7. The van der Waals surface area contributed by atoms with Crippen LogP contribution in [0.2, 0.25) is 0 Å². The second-order valence-corrected chi connectivity index (χ2v) is 2.71. The summed E-state index contributed by atoms with van der Waals surface area (Å²) >= 11 is 0. The van der Waals surface area contributed by atoms with Crippen molar-refractivity contribution in [2.45, 2.75) is 19.8 Å². The zero-order chi connectivity index (χ0) is 8.97. The van der Waals surface area contributed by atoms with E-state index in [9.17, 15) is 4.79 Å². The zero-order valence-corrected chi connectivity index (χ0v) is 7.08. The number of carbonyl (C=O) groups is 1. The molecule has 0 bridgehead atoms. The number of benzene rings is 1. The zero-order valence-electron chi connectivity index (χ0n) is 7.08. The van der Waals surface area contributed by atoms with Crippen LogP contribution in [0.15, 0.2) is 24.3 Å². The van der Waals surface area contributed by atoms with E-state index >= 15 is 0 Å². The molecule has 0 atom stereocenters. The second kappa shape index (κ2) is 6.19. The van der Waals surface area contributed by atoms with Gasteiger partial charge < -0.3 is 5.11 Å². The van der Waals surface area contributed by atoms with Gasteiger partial charge in [-0.15, -0.1) is 0 Å². The molecule has 3 heteroatoms. The van der Waals surface area contributed by atoms with Gasteiger partial charge in [-0.3, -0.25) is 0 Å². The van der Waals surface area contributed by atoms with Gasteiger partial charge in [0.15, 0.2) is 0 Å². The van der Waals surface area contributed by atoms with Crippen LogP contribution in [0.3, 0.4) is 0 Å². The SMILES string of the molecule is CCCc1ccccc1C(=O)O.[NaH]. The molecule has 1 N–H and O–H groups in total. The molecule has 0 aliphatic carbocycles. The Bertz CT molecular complexity index is 284. The van der Waals surface area contributed by atoms with Crippen molar-refractivity contribution in [1.82, 2.24) is 0 Å². The third-order valence-electron chi connectivity index (χ3n) is 1.77. The van der Waals surface area contributed by atoms with Crippen LogP contribution in [0.4, 0.5) is 0 Å². The third-order valence-corrected chi connectivity index (χ3v) is 1.77. The number of carboxylic acids is 1. The van der Waals surface area contributed by atoms with Crippen molar-refractivity contribution in [3.8, 4) is 0 Å². The maximum absolute atomic E-state index is 10.7. The minimum atomic E-state index is -0.834. The van der Waals surface area contributed by atoms with Gasteiger partial charge in [-0.05, 0) is 18.1 Å². The van der Waals surface area contributed by atoms with Gasteiger partial charge in [0.05, 0.1) is 5.56 Å². The van der Waals surface area contributed by atoms with E-state index in [1.54, 1.807) is 12.1 Å². The average Bonchev–Trinajstić information content (AvgIpc) is 2.05. The fourth-order valence-electron chi connectivity index (χ4n) is 1.22. The van der Waals surface area contributed by atoms with E-state index in [4.69, 9.17) is 5.11 Å². The Morgan fingerprint density at radius 1 is 1.38 bits per heavy atom. The first-order valence-corrected chi connectivity index (χ1v) is 4.07. The summed E-state index contributed by atoms with van der Waals surface area (Å²) in [5.74, 6) is -0.834. The predicted molar refractivity (Wildman–Crippen MR) is 54.5 cm³/mol. The van der Waals surface area contributed by atoms with E-state index in [1.165, 1.54) is 0 Å². The Hall–Kier alpha value is -0.310. The number of carboxylic acid groups (broad SMARTS) is 1. The molecule has 0 amide bonds. The Kier molecular flexibility index (Phi) is 6.04. The van der Waals surface area contributed by atoms with Crippen LogP contribution in [-0.4, -0.2) is 40.6 Å². The summed E-state index contributed by atoms with van der Waals surface area (Å²) in [5.41, 5.74) is 1.35. The van der Waals surface area contributed by atoms with Gasteiger partial charge in [0, 0.05) is 0 Å². The summed E-state index contributed by atoms with van der Waals surface area (Å²) < 4.78 is 0. The van der Waals surface area contributed by atoms with E-state index in [-0.39, 0.29) is 29.6 Å². The van der Waals surface area contributed by atoms with Crippen LogP contribution in [0.1, 0.15) is 29.3 Å². The number of aromatic carboxylic acids is 1. The van der Waals surface area contributed by atoms with Gasteiger partial charge >= 0.3 is 35.5 Å². The molecule has 1 aromatic carbocycles. The van der Waals surface area contributed by atoms with Crippen LogP contribution in [-0.2, 0) is 6.42 Å². The van der Waals surface area contributed by atoms with E-state index < -0.39 is 5.97 Å². The van der Waals surface area contributed by atoms with Crippen LogP contribution >= 0.6 is 0 Å². The molecule has 1 aromatic rings. The minimum absolute atomic E-state index is 0. The third kappa shape index (κ3) is 3.51. The topological polar surface area (TPSA) is 37.3 Å². The Morgan fingerprint density at radius 2 is 2.00 bits per heavy atom. The Balaban J connectivity index is 0.00000144. The summed E-state index contributed by atoms with van der Waals surface area (Å²) in [7, 11) is 0. The number of hydrogen-bond donors (Lipinski definition) is 1. The van der Waals surface area contributed by atoms with Gasteiger partial charge in [0.1, 0.15) is 0 Å². The van der Waals surface area contributed by atoms with Gasteiger partial charge in [0.25, 0.3) is 0 Å². The molecule has 0 unspecified atom stereocenters. The number of aryl methyl sites for hydroxylation is 1. The van der Waals surface area contributed by atoms with Gasteiger partial charge in [-0.2, -0.15) is 0 Å². The van der Waals surface area contributed by atoms with Crippen molar-refractivity contribution in [2.24, 2.45) is 0 Å². The molecule has 0 heterocycles. The molecule has 1 rings (SSSR count). The summed E-state index contributed by atoms with van der Waals surface area (Å²) in [6.07, 6.45) is 1.81. The van der Waals surface area contributed by atoms with E-state index in [2.05, 4.69) is 0 Å². The fourth-order valence-corrected chi connectivity index (χ4v) is 1.22. The molecule has 0 spiro atoms. The standard InChI is InChI=1S/C10H12O2.Na.H/c1-2-5-8-6-3-4-7-9(8)10(11)12;;/h3-4,6-7H,2,5H2,1H3,(H,11,12);;. The summed E-state index contributed by atoms with van der Waals surface area (Å²) in [6, 6.07) is 7.14. The van der Waals surface area contributed by atoms with Crippen LogP contribution < -0.4 is 0 Å². The van der Waals surface area contributed by atoms with Crippen molar-refractivity contribution in [3.05, 3.63) is 35.4 Å². The molecule has 0 fully saturated rings. The molecule has 0 saturated carbocycles. The summed E-state index contributed by atoms with van der Waals surface area (Å²) in [6.45, 7) is 2.04. The molecule has 0 aromatic heterocycles. The van der Waals surface area contributed by atoms with Crippen LogP contribution in [0.5, 0.6) is 0 Å². The Labute approximate surface area is 100 Å². The van der Waals surface area contributed by atoms with Gasteiger partial charge in [-0.1, -0.05) is 31.5 Å². The molecule has 2 nitrogen and oxygen atoms in total. The normalized spacial score (nSPS) is 9.00. The average molecular weight is 188 g/mol. The molecular weight excluding hydrogens is 175 g/mol. The second-order valence-electron chi connectivity index (χ2n) is 2.71. The van der Waals surface area contributed by atoms with Crippen molar-refractivity contribution in [3.63, 3.8) is 0 Å². The maximum atomic E-state index is 10.7. The molecule has 13 heavy (non-hydrogen) atoms. The van der Waals surface area contributed by atoms with Gasteiger partial charge in [-0.25, -0.2) is 4.79 Å². The Morgan fingerprint density at radius 3 is 2.54 bits per heavy atom. The quantitative estimate of drug-likeness (QED) is 0.733. The van der Waals surface area contributed by atoms with E-state index in [0.717, 1.165) is 18.4 Å². The van der Waals surface area contributed by atoms with Crippen LogP contribution in [0, 0.1) is 0 Å². The van der Waals surface area contributed by atoms with Gasteiger partial charge in [0.2, 0.25) is 0 Å². The predicted octanol–water partition coefficient (Wildman–Crippen LogP) is 1.69. The molecule has 0 saturated heterocycles. The summed E-state index contributed by atoms with van der Waals surface area (Å²) in [4.78, 5) is 10.7. The molecule has 0 aliphatic heterocycles. The molecule has 0 aliphatic rings. The monoisotopic (exact) mass is 188 g/mol. The first-order valence-electron chi connectivity index (χ1n) is 4.07. The first-order chi connectivity index (χ1) is 5.75. The van der Waals surface area contributed by atoms with Crippen molar-refractivity contribution in [2.75, 3.05) is 0 Å². The molecule has 0 radical (unpaired) electrons.